The fraction of sp³-hybridized carbons (Fsp3) is 0.350. The summed E-state index contributed by atoms with van der Waals surface area (Å²) >= 11 is 3.38. The van der Waals surface area contributed by atoms with Gasteiger partial charge in [-0.15, -0.1) is 0 Å². The van der Waals surface area contributed by atoms with Crippen molar-refractivity contribution in [3.63, 3.8) is 0 Å². The summed E-state index contributed by atoms with van der Waals surface area (Å²) in [4.78, 5) is 13.5. The highest BCUT2D eigenvalue weighted by atomic mass is 79.9. The van der Waals surface area contributed by atoms with E-state index in [1.807, 2.05) is 30.3 Å². The lowest BCUT2D eigenvalue weighted by molar-refractivity contribution is -0.925. The molecule has 0 spiro atoms. The number of ether oxygens (including phenoxy) is 2. The Balaban J connectivity index is 1.39. The lowest BCUT2D eigenvalue weighted by Gasteiger charge is -2.30. The largest absolute Gasteiger partial charge is 0.484 e. The molecule has 1 amide bonds. The second-order valence-electron chi connectivity index (χ2n) is 6.41. The van der Waals surface area contributed by atoms with Crippen LogP contribution in [0.3, 0.4) is 0 Å². The van der Waals surface area contributed by atoms with Crippen molar-refractivity contribution in [3.8, 4) is 5.75 Å². The number of rotatable bonds is 7. The molecular formula is C20H24BrN2O3+. The molecule has 138 valence electrons. The summed E-state index contributed by atoms with van der Waals surface area (Å²) in [7, 11) is 0. The minimum atomic E-state index is -0.135. The number of hydrogen-bond acceptors (Lipinski definition) is 3. The highest BCUT2D eigenvalue weighted by Crippen LogP contribution is 2.17. The Kier molecular flexibility index (Phi) is 7.05. The normalized spacial score (nSPS) is 19.7. The average Bonchev–Trinajstić information content (AvgIpc) is 2.66. The molecule has 2 aromatic rings. The summed E-state index contributed by atoms with van der Waals surface area (Å²) in [6.45, 7) is 4.10. The molecule has 3 rings (SSSR count). The zero-order valence-corrected chi connectivity index (χ0v) is 16.2. The fourth-order valence-corrected chi connectivity index (χ4v) is 3.39. The molecule has 26 heavy (non-hydrogen) atoms. The fourth-order valence-electron chi connectivity index (χ4n) is 3.01. The van der Waals surface area contributed by atoms with E-state index in [0.717, 1.165) is 30.7 Å². The summed E-state index contributed by atoms with van der Waals surface area (Å²) in [6, 6.07) is 17.9. The molecule has 2 N–H and O–H groups in total. The van der Waals surface area contributed by atoms with Crippen molar-refractivity contribution in [2.75, 3.05) is 32.8 Å². The van der Waals surface area contributed by atoms with Crippen LogP contribution in [0, 0.1) is 0 Å². The van der Waals surface area contributed by atoms with Gasteiger partial charge >= 0.3 is 0 Å². The van der Waals surface area contributed by atoms with E-state index >= 15 is 0 Å². The van der Waals surface area contributed by atoms with Crippen LogP contribution in [0.5, 0.6) is 5.75 Å². The molecule has 6 heteroatoms. The third kappa shape index (κ3) is 6.12. The van der Waals surface area contributed by atoms with Crippen LogP contribution in [0.15, 0.2) is 59.1 Å². The van der Waals surface area contributed by atoms with E-state index in [1.165, 1.54) is 10.5 Å². The molecule has 2 atom stereocenters. The minimum Gasteiger partial charge on any atom is -0.484 e. The molecule has 1 saturated heterocycles. The lowest BCUT2D eigenvalue weighted by atomic mass is 10.2. The highest BCUT2D eigenvalue weighted by molar-refractivity contribution is 9.10. The number of amides is 1. The summed E-state index contributed by atoms with van der Waals surface area (Å²) in [5.74, 6) is 0.533. The topological polar surface area (TPSA) is 52.0 Å². The molecule has 2 aromatic carbocycles. The van der Waals surface area contributed by atoms with Crippen LogP contribution in [0.25, 0.3) is 0 Å². The summed E-state index contributed by atoms with van der Waals surface area (Å²) in [5, 5.41) is 2.91. The van der Waals surface area contributed by atoms with Crippen LogP contribution in [0.1, 0.15) is 5.56 Å². The summed E-state index contributed by atoms with van der Waals surface area (Å²) in [6.07, 6.45) is 0.0391. The summed E-state index contributed by atoms with van der Waals surface area (Å²) in [5.41, 5.74) is 1.33. The number of quaternary nitrogens is 1. The van der Waals surface area contributed by atoms with Crippen molar-refractivity contribution in [1.82, 2.24) is 5.32 Å². The molecule has 1 fully saturated rings. The van der Waals surface area contributed by atoms with Gasteiger partial charge in [0, 0.05) is 16.6 Å². The zero-order chi connectivity index (χ0) is 18.2. The Labute approximate surface area is 162 Å². The number of hydrogen-bond donors (Lipinski definition) is 2. The van der Waals surface area contributed by atoms with Gasteiger partial charge in [0.2, 0.25) is 0 Å². The lowest BCUT2D eigenvalue weighted by Crippen LogP contribution is -3.13. The Morgan fingerprint density at radius 3 is 2.88 bits per heavy atom. The number of morpholine rings is 1. The summed E-state index contributed by atoms with van der Waals surface area (Å²) < 4.78 is 12.2. The Morgan fingerprint density at radius 2 is 2.08 bits per heavy atom. The van der Waals surface area contributed by atoms with Gasteiger partial charge in [-0.1, -0.05) is 52.3 Å². The second kappa shape index (κ2) is 9.71. The standard InChI is InChI=1S/C20H23BrN2O3/c21-17-7-4-8-18(11-17)26-15-20(24)22-12-19-14-23(9-10-25-19)13-16-5-2-1-3-6-16/h1-8,11,19H,9-10,12-15H2,(H,22,24)/p+1/t19-/m1/s1. The Hall–Kier alpha value is -1.89. The molecule has 1 aliphatic rings. The molecule has 0 aliphatic carbocycles. The number of nitrogens with one attached hydrogen (secondary N) is 2. The van der Waals surface area contributed by atoms with E-state index in [-0.39, 0.29) is 18.6 Å². The van der Waals surface area contributed by atoms with Gasteiger partial charge in [0.15, 0.2) is 6.61 Å². The van der Waals surface area contributed by atoms with Gasteiger partial charge in [-0.05, 0) is 18.2 Å². The maximum absolute atomic E-state index is 12.0. The quantitative estimate of drug-likeness (QED) is 0.713. The Morgan fingerprint density at radius 1 is 1.23 bits per heavy atom. The maximum atomic E-state index is 12.0. The van der Waals surface area contributed by atoms with E-state index in [2.05, 4.69) is 45.5 Å². The molecule has 0 radical (unpaired) electrons. The van der Waals surface area contributed by atoms with Crippen LogP contribution in [0.2, 0.25) is 0 Å². The molecule has 0 aromatic heterocycles. The third-order valence-electron chi connectivity index (χ3n) is 4.32. The van der Waals surface area contributed by atoms with Crippen LogP contribution >= 0.6 is 15.9 Å². The van der Waals surface area contributed by atoms with Gasteiger partial charge in [0.25, 0.3) is 5.91 Å². The number of benzene rings is 2. The van der Waals surface area contributed by atoms with Crippen LogP contribution < -0.4 is 15.0 Å². The first-order valence-corrected chi connectivity index (χ1v) is 9.62. The molecule has 0 bridgehead atoms. The molecule has 1 unspecified atom stereocenters. The van der Waals surface area contributed by atoms with Crippen molar-refractivity contribution < 1.29 is 19.2 Å². The molecule has 5 nitrogen and oxygen atoms in total. The smallest absolute Gasteiger partial charge is 0.258 e. The molecular weight excluding hydrogens is 396 g/mol. The van der Waals surface area contributed by atoms with E-state index in [1.54, 1.807) is 0 Å². The predicted molar refractivity (Wildman–Crippen MR) is 103 cm³/mol. The van der Waals surface area contributed by atoms with Crippen LogP contribution in [0.4, 0.5) is 0 Å². The van der Waals surface area contributed by atoms with Crippen LogP contribution in [-0.2, 0) is 16.1 Å². The van der Waals surface area contributed by atoms with Gasteiger partial charge in [-0.25, -0.2) is 0 Å². The van der Waals surface area contributed by atoms with Crippen molar-refractivity contribution in [2.24, 2.45) is 0 Å². The highest BCUT2D eigenvalue weighted by Gasteiger charge is 2.24. The predicted octanol–water partition coefficient (Wildman–Crippen LogP) is 1.43. The van der Waals surface area contributed by atoms with Crippen molar-refractivity contribution in [2.45, 2.75) is 12.6 Å². The van der Waals surface area contributed by atoms with Gasteiger partial charge in [-0.2, -0.15) is 0 Å². The van der Waals surface area contributed by atoms with Crippen LogP contribution in [-0.4, -0.2) is 44.9 Å². The monoisotopic (exact) mass is 419 g/mol. The molecule has 1 aliphatic heterocycles. The molecule has 1 heterocycles. The number of carbonyl (C=O) groups excluding carboxylic acids is 1. The maximum Gasteiger partial charge on any atom is 0.258 e. The van der Waals surface area contributed by atoms with Crippen molar-refractivity contribution >= 4 is 21.8 Å². The van der Waals surface area contributed by atoms with E-state index in [9.17, 15) is 4.79 Å². The van der Waals surface area contributed by atoms with Gasteiger partial charge in [0.05, 0.1) is 6.61 Å². The van der Waals surface area contributed by atoms with E-state index in [0.29, 0.717) is 12.3 Å². The van der Waals surface area contributed by atoms with E-state index in [4.69, 9.17) is 9.47 Å². The number of halogens is 1. The average molecular weight is 420 g/mol. The Bertz CT molecular complexity index is 711. The van der Waals surface area contributed by atoms with Gasteiger partial charge < -0.3 is 19.7 Å². The minimum absolute atomic E-state index is 0.00373. The van der Waals surface area contributed by atoms with Gasteiger partial charge in [-0.3, -0.25) is 4.79 Å². The van der Waals surface area contributed by atoms with Gasteiger partial charge in [0.1, 0.15) is 31.5 Å². The third-order valence-corrected chi connectivity index (χ3v) is 4.81. The van der Waals surface area contributed by atoms with E-state index < -0.39 is 0 Å². The molecule has 0 saturated carbocycles. The first-order chi connectivity index (χ1) is 12.7. The van der Waals surface area contributed by atoms with Crippen molar-refractivity contribution in [1.29, 1.82) is 0 Å². The van der Waals surface area contributed by atoms with Crippen molar-refractivity contribution in [3.05, 3.63) is 64.6 Å². The number of carbonyl (C=O) groups is 1. The first-order valence-electron chi connectivity index (χ1n) is 8.83. The second-order valence-corrected chi connectivity index (χ2v) is 7.33. The SMILES string of the molecule is O=C(COc1cccc(Br)c1)NC[C@@H]1C[NH+](Cc2ccccc2)CCO1. The zero-order valence-electron chi connectivity index (χ0n) is 14.6. The first kappa shape index (κ1) is 18.9.